The Labute approximate surface area is 176 Å². The Morgan fingerprint density at radius 3 is 2.53 bits per heavy atom. The molecule has 0 aliphatic rings. The number of carbonyl (C=O) groups is 1. The summed E-state index contributed by atoms with van der Waals surface area (Å²) in [5.41, 5.74) is 2.84. The number of rotatable bonds is 8. The fraction of sp³-hybridized carbons (Fsp3) is 0.182. The number of aryl methyl sites for hydroxylation is 1. The molecule has 2 N–H and O–H groups in total. The third-order valence-corrected chi connectivity index (χ3v) is 5.93. The van der Waals surface area contributed by atoms with E-state index in [2.05, 4.69) is 15.0 Å². The maximum Gasteiger partial charge on any atom is 0.251 e. The van der Waals surface area contributed by atoms with Crippen molar-refractivity contribution >= 4 is 15.9 Å². The van der Waals surface area contributed by atoms with Crippen LogP contribution in [0.1, 0.15) is 27.0 Å². The van der Waals surface area contributed by atoms with Crippen LogP contribution in [0.4, 0.5) is 0 Å². The number of carbonyl (C=O) groups excluding carboxylic acids is 1. The standard InChI is InChI=1S/C22H23N3O4S/c1-16-8-9-19(30(27,28)23-2)13-20(16)22(26)25-14-18-10-11-24-21(12-18)29-15-17-6-4-3-5-7-17/h3-13,23H,14-15H2,1-2H3,(H,25,26). The zero-order chi connectivity index (χ0) is 21.6. The van der Waals surface area contributed by atoms with Crippen LogP contribution in [0.3, 0.4) is 0 Å². The van der Waals surface area contributed by atoms with E-state index in [9.17, 15) is 13.2 Å². The van der Waals surface area contributed by atoms with Gasteiger partial charge in [0.15, 0.2) is 0 Å². The van der Waals surface area contributed by atoms with Gasteiger partial charge in [0.1, 0.15) is 6.61 Å². The van der Waals surface area contributed by atoms with Crippen LogP contribution in [-0.4, -0.2) is 26.4 Å². The summed E-state index contributed by atoms with van der Waals surface area (Å²) in [5.74, 6) is 0.105. The van der Waals surface area contributed by atoms with Gasteiger partial charge in [-0.3, -0.25) is 4.79 Å². The molecular formula is C22H23N3O4S. The van der Waals surface area contributed by atoms with E-state index in [1.807, 2.05) is 30.3 Å². The van der Waals surface area contributed by atoms with Gasteiger partial charge in [-0.25, -0.2) is 18.1 Å². The molecule has 0 fully saturated rings. The monoisotopic (exact) mass is 425 g/mol. The van der Waals surface area contributed by atoms with Crippen molar-refractivity contribution in [2.75, 3.05) is 7.05 Å². The smallest absolute Gasteiger partial charge is 0.251 e. The molecule has 1 aromatic heterocycles. The average Bonchev–Trinajstić information content (AvgIpc) is 2.77. The molecule has 30 heavy (non-hydrogen) atoms. The molecule has 7 nitrogen and oxygen atoms in total. The number of hydrogen-bond donors (Lipinski definition) is 2. The summed E-state index contributed by atoms with van der Waals surface area (Å²) in [6.07, 6.45) is 1.62. The predicted molar refractivity (Wildman–Crippen MR) is 114 cm³/mol. The highest BCUT2D eigenvalue weighted by atomic mass is 32.2. The molecule has 3 aromatic rings. The summed E-state index contributed by atoms with van der Waals surface area (Å²) in [6, 6.07) is 17.8. The first-order valence-electron chi connectivity index (χ1n) is 9.33. The number of nitrogens with one attached hydrogen (secondary N) is 2. The third kappa shape index (κ3) is 5.43. The summed E-state index contributed by atoms with van der Waals surface area (Å²) in [7, 11) is -2.30. The molecule has 0 radical (unpaired) electrons. The van der Waals surface area contributed by atoms with Crippen molar-refractivity contribution in [3.05, 3.63) is 89.1 Å². The Morgan fingerprint density at radius 1 is 1.03 bits per heavy atom. The number of hydrogen-bond acceptors (Lipinski definition) is 5. The van der Waals surface area contributed by atoms with Gasteiger partial charge >= 0.3 is 0 Å². The minimum atomic E-state index is -3.63. The van der Waals surface area contributed by atoms with Crippen molar-refractivity contribution < 1.29 is 17.9 Å². The second-order valence-corrected chi connectivity index (χ2v) is 8.53. The lowest BCUT2D eigenvalue weighted by molar-refractivity contribution is 0.0950. The van der Waals surface area contributed by atoms with Gasteiger partial charge < -0.3 is 10.1 Å². The molecule has 2 aromatic carbocycles. The van der Waals surface area contributed by atoms with Gasteiger partial charge in [0.2, 0.25) is 15.9 Å². The Bertz CT molecular complexity index is 1130. The molecule has 0 spiro atoms. The third-order valence-electron chi connectivity index (χ3n) is 4.51. The number of benzene rings is 2. The van der Waals surface area contributed by atoms with Gasteiger partial charge in [0, 0.05) is 24.4 Å². The van der Waals surface area contributed by atoms with E-state index in [0.717, 1.165) is 11.1 Å². The summed E-state index contributed by atoms with van der Waals surface area (Å²) in [6.45, 7) is 2.41. The minimum Gasteiger partial charge on any atom is -0.473 e. The van der Waals surface area contributed by atoms with Crippen LogP contribution in [0.25, 0.3) is 0 Å². The summed E-state index contributed by atoms with van der Waals surface area (Å²) in [5, 5.41) is 2.82. The normalized spacial score (nSPS) is 11.1. The number of amides is 1. The zero-order valence-electron chi connectivity index (χ0n) is 16.8. The quantitative estimate of drug-likeness (QED) is 0.578. The van der Waals surface area contributed by atoms with Crippen molar-refractivity contribution in [3.63, 3.8) is 0 Å². The fourth-order valence-corrected chi connectivity index (χ4v) is 3.54. The van der Waals surface area contributed by atoms with E-state index in [-0.39, 0.29) is 17.3 Å². The van der Waals surface area contributed by atoms with E-state index in [1.54, 1.807) is 31.3 Å². The number of aromatic nitrogens is 1. The van der Waals surface area contributed by atoms with Crippen LogP contribution in [0.5, 0.6) is 5.88 Å². The maximum absolute atomic E-state index is 12.6. The first-order valence-corrected chi connectivity index (χ1v) is 10.8. The molecule has 156 valence electrons. The van der Waals surface area contributed by atoms with Crippen molar-refractivity contribution in [2.45, 2.75) is 25.0 Å². The Balaban J connectivity index is 1.66. The highest BCUT2D eigenvalue weighted by molar-refractivity contribution is 7.89. The SMILES string of the molecule is CNS(=O)(=O)c1ccc(C)c(C(=O)NCc2ccnc(OCc3ccccc3)c2)c1. The summed E-state index contributed by atoms with van der Waals surface area (Å²) >= 11 is 0. The van der Waals surface area contributed by atoms with Crippen molar-refractivity contribution in [2.24, 2.45) is 0 Å². The molecule has 0 saturated heterocycles. The Kier molecular flexibility index (Phi) is 6.81. The average molecular weight is 426 g/mol. The molecule has 0 saturated carbocycles. The van der Waals surface area contributed by atoms with Crippen LogP contribution in [0, 0.1) is 6.92 Å². The van der Waals surface area contributed by atoms with Crippen LogP contribution in [0.15, 0.2) is 71.8 Å². The molecule has 1 heterocycles. The molecule has 0 atom stereocenters. The number of pyridine rings is 1. The molecular weight excluding hydrogens is 402 g/mol. The predicted octanol–water partition coefficient (Wildman–Crippen LogP) is 2.81. The van der Waals surface area contributed by atoms with E-state index in [1.165, 1.54) is 19.2 Å². The Morgan fingerprint density at radius 2 is 1.80 bits per heavy atom. The lowest BCUT2D eigenvalue weighted by Crippen LogP contribution is -2.25. The van der Waals surface area contributed by atoms with E-state index >= 15 is 0 Å². The second-order valence-electron chi connectivity index (χ2n) is 6.64. The van der Waals surface area contributed by atoms with Gasteiger partial charge in [0.25, 0.3) is 5.91 Å². The van der Waals surface area contributed by atoms with Crippen LogP contribution >= 0.6 is 0 Å². The minimum absolute atomic E-state index is 0.0428. The molecule has 1 amide bonds. The van der Waals surface area contributed by atoms with Crippen LogP contribution in [0.2, 0.25) is 0 Å². The maximum atomic E-state index is 12.6. The zero-order valence-corrected chi connectivity index (χ0v) is 17.6. The second kappa shape index (κ2) is 9.51. The molecule has 0 unspecified atom stereocenters. The lowest BCUT2D eigenvalue weighted by atomic mass is 10.1. The van der Waals surface area contributed by atoms with E-state index in [4.69, 9.17) is 4.74 Å². The van der Waals surface area contributed by atoms with Crippen molar-refractivity contribution in [1.29, 1.82) is 0 Å². The first kappa shape index (κ1) is 21.5. The van der Waals surface area contributed by atoms with Crippen molar-refractivity contribution in [1.82, 2.24) is 15.0 Å². The number of ether oxygens (including phenoxy) is 1. The number of sulfonamides is 1. The molecule has 8 heteroatoms. The van der Waals surface area contributed by atoms with Crippen LogP contribution < -0.4 is 14.8 Å². The van der Waals surface area contributed by atoms with Gasteiger partial charge in [-0.2, -0.15) is 0 Å². The summed E-state index contributed by atoms with van der Waals surface area (Å²) < 4.78 is 32.0. The van der Waals surface area contributed by atoms with Gasteiger partial charge in [-0.05, 0) is 48.9 Å². The number of nitrogens with zero attached hydrogens (tertiary/aromatic N) is 1. The molecule has 0 aliphatic carbocycles. The van der Waals surface area contributed by atoms with Gasteiger partial charge in [-0.1, -0.05) is 36.4 Å². The first-order chi connectivity index (χ1) is 14.4. The topological polar surface area (TPSA) is 97.4 Å². The van der Waals surface area contributed by atoms with E-state index < -0.39 is 10.0 Å². The molecule has 0 aliphatic heterocycles. The van der Waals surface area contributed by atoms with Gasteiger partial charge in [0.05, 0.1) is 4.90 Å². The highest BCUT2D eigenvalue weighted by Crippen LogP contribution is 2.16. The van der Waals surface area contributed by atoms with Crippen molar-refractivity contribution in [3.8, 4) is 5.88 Å². The highest BCUT2D eigenvalue weighted by Gasteiger charge is 2.16. The van der Waals surface area contributed by atoms with Crippen LogP contribution in [-0.2, 0) is 23.2 Å². The lowest BCUT2D eigenvalue weighted by Gasteiger charge is -2.11. The van der Waals surface area contributed by atoms with E-state index in [0.29, 0.717) is 23.6 Å². The molecule has 0 bridgehead atoms. The largest absolute Gasteiger partial charge is 0.473 e. The summed E-state index contributed by atoms with van der Waals surface area (Å²) in [4.78, 5) is 16.9. The Hall–Kier alpha value is -3.23. The van der Waals surface area contributed by atoms with Gasteiger partial charge in [-0.15, -0.1) is 0 Å². The molecule has 3 rings (SSSR count). The fourth-order valence-electron chi connectivity index (χ4n) is 2.78.